The van der Waals surface area contributed by atoms with Crippen LogP contribution in [0.1, 0.15) is 0 Å². The quantitative estimate of drug-likeness (QED) is 0.290. The lowest BCUT2D eigenvalue weighted by Crippen LogP contribution is -2.40. The molecule has 2 N–H and O–H groups in total. The minimum absolute atomic E-state index is 0.0667. The van der Waals surface area contributed by atoms with E-state index in [-0.39, 0.29) is 9.79 Å². The molecular weight excluding hydrogens is 562 g/mol. The average molecular weight is 582 g/mol. The number of hydrogen-bond acceptors (Lipinski definition) is 7. The molecule has 0 fully saturated rings. The van der Waals surface area contributed by atoms with Gasteiger partial charge in [-0.25, -0.2) is 16.8 Å². The Labute approximate surface area is 212 Å². The lowest BCUT2D eigenvalue weighted by atomic mass is 10.3. The molecule has 0 aliphatic carbocycles. The summed E-state index contributed by atoms with van der Waals surface area (Å²) >= 11 is 22.7. The molecule has 184 valence electrons. The lowest BCUT2D eigenvalue weighted by molar-refractivity contribution is 0.105. The predicted molar refractivity (Wildman–Crippen MR) is 126 cm³/mol. The molecular formula is C18H20Cl4N2O7S2. The number of ether oxygens (including phenoxy) is 3. The second kappa shape index (κ2) is 12.2. The highest BCUT2D eigenvalue weighted by molar-refractivity contribution is 7.89. The van der Waals surface area contributed by atoms with Crippen molar-refractivity contribution in [3.8, 4) is 11.5 Å². The Balaban J connectivity index is 2.10. The van der Waals surface area contributed by atoms with Gasteiger partial charge in [0, 0.05) is 14.2 Å². The molecule has 9 nitrogen and oxygen atoms in total. The number of nitrogens with one attached hydrogen (secondary N) is 2. The van der Waals surface area contributed by atoms with Crippen LogP contribution in [0.15, 0.2) is 58.3 Å². The maximum atomic E-state index is 12.4. The van der Waals surface area contributed by atoms with Crippen molar-refractivity contribution in [3.63, 3.8) is 0 Å². The maximum absolute atomic E-state index is 12.4. The van der Waals surface area contributed by atoms with Crippen molar-refractivity contribution in [2.45, 2.75) is 31.9 Å². The summed E-state index contributed by atoms with van der Waals surface area (Å²) in [6.45, 7) is 0. The predicted octanol–water partition coefficient (Wildman–Crippen LogP) is 3.59. The van der Waals surface area contributed by atoms with Crippen LogP contribution in [0.3, 0.4) is 0 Å². The summed E-state index contributed by atoms with van der Waals surface area (Å²) < 4.78 is 69.5. The number of methoxy groups -OCH3 is 2. The second-order valence-electron chi connectivity index (χ2n) is 6.27. The largest absolute Gasteiger partial charge is 0.457 e. The number of benzene rings is 2. The van der Waals surface area contributed by atoms with Crippen molar-refractivity contribution in [1.82, 2.24) is 9.44 Å². The molecule has 0 aliphatic heterocycles. The summed E-state index contributed by atoms with van der Waals surface area (Å²) in [5, 5.41) is 0. The zero-order chi connectivity index (χ0) is 24.8. The summed E-state index contributed by atoms with van der Waals surface area (Å²) in [5.41, 5.74) is 0. The third-order valence-electron chi connectivity index (χ3n) is 4.01. The van der Waals surface area contributed by atoms with Crippen molar-refractivity contribution in [2.75, 3.05) is 14.2 Å². The highest BCUT2D eigenvalue weighted by atomic mass is 35.5. The molecule has 0 saturated carbocycles. The Morgan fingerprint density at radius 1 is 0.636 bits per heavy atom. The van der Waals surface area contributed by atoms with Gasteiger partial charge < -0.3 is 14.2 Å². The zero-order valence-electron chi connectivity index (χ0n) is 17.1. The second-order valence-corrected chi connectivity index (χ2v) is 12.0. The Kier molecular flexibility index (Phi) is 10.5. The smallest absolute Gasteiger partial charge is 0.242 e. The van der Waals surface area contributed by atoms with E-state index in [1.54, 1.807) is 0 Å². The molecule has 0 bridgehead atoms. The minimum atomic E-state index is -3.95. The fraction of sp³-hybridized carbons (Fsp3) is 0.333. The molecule has 0 amide bonds. The van der Waals surface area contributed by atoms with Crippen LogP contribution in [0.5, 0.6) is 11.5 Å². The summed E-state index contributed by atoms with van der Waals surface area (Å²) in [4.78, 5) is -2.35. The molecule has 2 unspecified atom stereocenters. The Morgan fingerprint density at radius 3 is 1.18 bits per heavy atom. The molecule has 2 atom stereocenters. The topological polar surface area (TPSA) is 120 Å². The van der Waals surface area contributed by atoms with Crippen LogP contribution in [0.2, 0.25) is 0 Å². The number of sulfonamides is 2. The Hall–Kier alpha value is -0.860. The van der Waals surface area contributed by atoms with E-state index in [0.717, 1.165) is 0 Å². The van der Waals surface area contributed by atoms with Crippen LogP contribution >= 0.6 is 46.4 Å². The van der Waals surface area contributed by atoms with Gasteiger partial charge in [-0.2, -0.15) is 9.44 Å². The first kappa shape index (κ1) is 28.4. The van der Waals surface area contributed by atoms with Crippen LogP contribution in [-0.2, 0) is 29.5 Å². The fourth-order valence-corrected chi connectivity index (χ4v) is 5.66. The van der Waals surface area contributed by atoms with Gasteiger partial charge in [-0.15, -0.1) is 46.4 Å². The molecule has 15 heteroatoms. The normalized spacial score (nSPS) is 14.4. The van der Waals surface area contributed by atoms with E-state index in [1.807, 2.05) is 0 Å². The van der Waals surface area contributed by atoms with Gasteiger partial charge in [-0.3, -0.25) is 0 Å². The van der Waals surface area contributed by atoms with Gasteiger partial charge >= 0.3 is 0 Å². The zero-order valence-corrected chi connectivity index (χ0v) is 21.8. The van der Waals surface area contributed by atoms with Crippen molar-refractivity contribution in [2.24, 2.45) is 0 Å². The lowest BCUT2D eigenvalue weighted by Gasteiger charge is -2.18. The third-order valence-corrected chi connectivity index (χ3v) is 7.80. The molecule has 0 aromatic heterocycles. The van der Waals surface area contributed by atoms with Gasteiger partial charge in [-0.1, -0.05) is 0 Å². The van der Waals surface area contributed by atoms with E-state index in [0.29, 0.717) is 11.5 Å². The molecule has 2 aromatic carbocycles. The van der Waals surface area contributed by atoms with E-state index in [1.165, 1.54) is 62.8 Å². The van der Waals surface area contributed by atoms with E-state index < -0.39 is 42.2 Å². The van der Waals surface area contributed by atoms with Gasteiger partial charge in [0.2, 0.25) is 20.0 Å². The minimum Gasteiger partial charge on any atom is -0.457 e. The van der Waals surface area contributed by atoms with Crippen molar-refractivity contribution in [1.29, 1.82) is 0 Å². The van der Waals surface area contributed by atoms with Crippen LogP contribution < -0.4 is 14.2 Å². The highest BCUT2D eigenvalue weighted by Gasteiger charge is 2.25. The van der Waals surface area contributed by atoms with Crippen molar-refractivity contribution < 1.29 is 31.0 Å². The van der Waals surface area contributed by atoms with Gasteiger partial charge in [0.25, 0.3) is 0 Å². The van der Waals surface area contributed by atoms with Crippen LogP contribution in [0.25, 0.3) is 0 Å². The fourth-order valence-electron chi connectivity index (χ4n) is 2.36. The molecule has 0 radical (unpaired) electrons. The number of alkyl halides is 4. The van der Waals surface area contributed by atoms with Gasteiger partial charge in [-0.05, 0) is 48.5 Å². The average Bonchev–Trinajstić information content (AvgIpc) is 2.76. The van der Waals surface area contributed by atoms with E-state index >= 15 is 0 Å². The number of halogens is 4. The van der Waals surface area contributed by atoms with Gasteiger partial charge in [0.15, 0.2) is 12.5 Å². The third kappa shape index (κ3) is 8.10. The van der Waals surface area contributed by atoms with Crippen molar-refractivity contribution >= 4 is 66.5 Å². The van der Waals surface area contributed by atoms with Crippen LogP contribution in [-0.4, -0.2) is 53.2 Å². The van der Waals surface area contributed by atoms with Crippen LogP contribution in [0, 0.1) is 0 Å². The molecule has 0 spiro atoms. The van der Waals surface area contributed by atoms with Crippen molar-refractivity contribution in [3.05, 3.63) is 48.5 Å². The maximum Gasteiger partial charge on any atom is 0.242 e. The Bertz CT molecular complexity index is 1020. The molecule has 0 heterocycles. The van der Waals surface area contributed by atoms with E-state index in [2.05, 4.69) is 9.44 Å². The van der Waals surface area contributed by atoms with Gasteiger partial charge in [0.05, 0.1) is 9.79 Å². The molecule has 2 aromatic rings. The van der Waals surface area contributed by atoms with Crippen LogP contribution in [0.4, 0.5) is 0 Å². The highest BCUT2D eigenvalue weighted by Crippen LogP contribution is 2.25. The summed E-state index contributed by atoms with van der Waals surface area (Å²) in [5.74, 6) is 0.621. The van der Waals surface area contributed by atoms with E-state index in [9.17, 15) is 16.8 Å². The SMILES string of the molecule is COC(NS(=O)(=O)c1ccc(Oc2ccc(S(=O)(=O)NC(OC)C(Cl)Cl)cc2)cc1)C(Cl)Cl. The Morgan fingerprint density at radius 2 is 0.939 bits per heavy atom. The summed E-state index contributed by atoms with van der Waals surface area (Å²) in [6, 6.07) is 10.9. The summed E-state index contributed by atoms with van der Waals surface area (Å²) in [6.07, 6.45) is -2.25. The first-order valence-corrected chi connectivity index (χ1v) is 13.7. The van der Waals surface area contributed by atoms with Gasteiger partial charge in [0.1, 0.15) is 21.2 Å². The van der Waals surface area contributed by atoms with E-state index in [4.69, 9.17) is 60.6 Å². The molecule has 0 aliphatic rings. The standard InChI is InChI=1S/C18H20Cl4N2O7S2/c1-29-17(15(19)20)23-32(25,26)13-7-3-11(4-8-13)31-12-5-9-14(10-6-12)33(27,28)24-18(30-2)16(21)22/h3-10,15-18,23-24H,1-2H3. The first-order valence-electron chi connectivity index (χ1n) is 8.94. The molecule has 33 heavy (non-hydrogen) atoms. The molecule has 2 rings (SSSR count). The first-order chi connectivity index (χ1) is 15.4. The monoisotopic (exact) mass is 580 g/mol. The number of rotatable bonds is 12. The number of hydrogen-bond donors (Lipinski definition) is 2. The molecule has 0 saturated heterocycles. The summed E-state index contributed by atoms with van der Waals surface area (Å²) in [7, 11) is -5.38.